The first-order valence-corrected chi connectivity index (χ1v) is 9.56. The van der Waals surface area contributed by atoms with Gasteiger partial charge in [0.2, 0.25) is 0 Å². The molecule has 0 saturated carbocycles. The number of aliphatic carboxylic acids is 2. The molecule has 3 atom stereocenters. The topological polar surface area (TPSA) is 332 Å². The van der Waals surface area contributed by atoms with Crippen LogP contribution >= 0.6 is 0 Å². The first-order chi connectivity index (χ1) is 15.8. The van der Waals surface area contributed by atoms with Gasteiger partial charge in [-0.3, -0.25) is 10.5 Å². The van der Waals surface area contributed by atoms with Gasteiger partial charge >= 0.3 is 46.1 Å². The second kappa shape index (κ2) is 58.8. The van der Waals surface area contributed by atoms with Crippen molar-refractivity contribution in [1.82, 2.24) is 0 Å². The fraction of sp³-hybridized carbons (Fsp3) is 0.259. The van der Waals surface area contributed by atoms with E-state index in [9.17, 15) is 9.59 Å². The Kier molecular flexibility index (Phi) is 106. The first kappa shape index (κ1) is 77.7. The Bertz CT molecular complexity index is 750. The quantitative estimate of drug-likeness (QED) is 0.0769. The molecule has 43 heavy (non-hydrogen) atoms. The zero-order chi connectivity index (χ0) is 25.3. The van der Waals surface area contributed by atoms with E-state index in [4.69, 9.17) is 36.0 Å². The molecule has 0 aromatic heterocycles. The number of carboxylic acid groups (broad SMARTS) is 2. The fourth-order valence-electron chi connectivity index (χ4n) is 1.81. The largest absolute Gasteiger partial charge is 3.00 e. The van der Waals surface area contributed by atoms with Crippen LogP contribution in [0.1, 0.15) is 28.7 Å². The third-order valence-electron chi connectivity index (χ3n) is 3.29. The molecule has 1 radical (unpaired) electrons. The second-order valence-corrected chi connectivity index (χ2v) is 5.92. The molecule has 3 unspecified atom stereocenters. The molecule has 16 heteroatoms. The van der Waals surface area contributed by atoms with Crippen LogP contribution in [0.4, 0.5) is 0 Å². The molecule has 0 aliphatic heterocycles. The maximum atomic E-state index is 9.78. The summed E-state index contributed by atoms with van der Waals surface area (Å²) in [7, 11) is 0. The summed E-state index contributed by atoms with van der Waals surface area (Å²) >= 11 is 0. The van der Waals surface area contributed by atoms with Crippen LogP contribution in [-0.4, -0.2) is 93.7 Å². The Hall–Kier alpha value is -2.76. The van der Waals surface area contributed by atoms with Crippen LogP contribution in [0.25, 0.3) is 0 Å². The standard InChI is InChI=1S/C6H6O4.C6H8O2.C6H8O.C6H6.3CH4.2Fe.H2O2.5H2O/c7-5(8)3-1-2-4-6(9)10;7-5-3-1-2-4-6(5)8;7-6-4-2-1-3-5-6;1-2-4-6-5-3-1;;;;;;1-2;;;;;/h1-4H,(H,7,8)(H,9,10);1-8H;1-4,6-7H,5H2;1-6H;3*1H4;;;1-2H;5*1H2/q;;;;;;;+2;+3;;;;;;/p-1/b3-1-,4-2-;;;;;;;;;;;;;;. The van der Waals surface area contributed by atoms with Crippen LogP contribution in [0.2, 0.25) is 0 Å². The van der Waals surface area contributed by atoms with Crippen molar-refractivity contribution < 1.29 is 107 Å². The van der Waals surface area contributed by atoms with Crippen LogP contribution in [0.15, 0.2) is 109 Å². The number of hydrogen-bond acceptors (Lipinski definition) is 8. The number of carbonyl (C=O) groups is 2. The second-order valence-electron chi connectivity index (χ2n) is 5.92. The summed E-state index contributed by atoms with van der Waals surface area (Å²) in [5.74, 6) is -2.20. The van der Waals surface area contributed by atoms with Crippen molar-refractivity contribution in [2.45, 2.75) is 47.0 Å². The zero-order valence-corrected chi connectivity index (χ0v) is 23.1. The van der Waals surface area contributed by atoms with Crippen molar-refractivity contribution in [3.8, 4) is 0 Å². The Labute approximate surface area is 274 Å². The minimum Gasteiger partial charge on any atom is -0.870 e. The van der Waals surface area contributed by atoms with Gasteiger partial charge in [-0.15, -0.1) is 0 Å². The number of aliphatic hydroxyl groups is 3. The Morgan fingerprint density at radius 3 is 1.05 bits per heavy atom. The molecule has 3 rings (SSSR count). The first-order valence-electron chi connectivity index (χ1n) is 9.56. The summed E-state index contributed by atoms with van der Waals surface area (Å²) in [6.07, 6.45) is 17.1. The molecule has 2 aliphatic rings. The predicted octanol–water partition coefficient (Wildman–Crippen LogP) is 1.10. The van der Waals surface area contributed by atoms with Crippen LogP contribution < -0.4 is 0 Å². The van der Waals surface area contributed by atoms with E-state index < -0.39 is 24.1 Å². The summed E-state index contributed by atoms with van der Waals surface area (Å²) < 4.78 is 0. The van der Waals surface area contributed by atoms with E-state index in [0.717, 1.165) is 30.7 Å². The van der Waals surface area contributed by atoms with Gasteiger partial charge in [0.25, 0.3) is 0 Å². The van der Waals surface area contributed by atoms with Gasteiger partial charge in [-0.1, -0.05) is 119 Å². The molecule has 0 amide bonds. The minimum absolute atomic E-state index is 0. The number of aliphatic hydroxyl groups excluding tert-OH is 3. The summed E-state index contributed by atoms with van der Waals surface area (Å²) in [6, 6.07) is 12.0. The van der Waals surface area contributed by atoms with Gasteiger partial charge in [0.15, 0.2) is 0 Å². The average Bonchev–Trinajstić information content (AvgIpc) is 2.83. The number of hydrogen-bond donors (Lipinski definition) is 7. The average molecular weight is 711 g/mol. The molecule has 0 saturated heterocycles. The van der Waals surface area contributed by atoms with Crippen LogP contribution in [0.3, 0.4) is 0 Å². The zero-order valence-electron chi connectivity index (χ0n) is 20.9. The summed E-state index contributed by atoms with van der Waals surface area (Å²) in [5, 5.41) is 54.4. The number of benzene rings is 1. The Balaban J connectivity index is -0.0000000274. The van der Waals surface area contributed by atoms with E-state index in [1.54, 1.807) is 30.4 Å². The van der Waals surface area contributed by atoms with Crippen molar-refractivity contribution in [3.05, 3.63) is 109 Å². The van der Waals surface area contributed by atoms with Crippen molar-refractivity contribution in [1.29, 1.82) is 0 Å². The molecule has 0 bridgehead atoms. The van der Waals surface area contributed by atoms with Gasteiger partial charge in [0.1, 0.15) is 12.2 Å². The van der Waals surface area contributed by atoms with Gasteiger partial charge in [0.05, 0.1) is 6.10 Å². The minimum atomic E-state index is -1.10. The van der Waals surface area contributed by atoms with Gasteiger partial charge in [-0.2, -0.15) is 0 Å². The monoisotopic (exact) mass is 711 g/mol. The van der Waals surface area contributed by atoms with E-state index in [1.807, 2.05) is 54.6 Å². The van der Waals surface area contributed by atoms with E-state index in [0.29, 0.717) is 0 Å². The van der Waals surface area contributed by atoms with Crippen molar-refractivity contribution >= 4 is 11.9 Å². The van der Waals surface area contributed by atoms with Crippen LogP contribution in [0.5, 0.6) is 0 Å². The molecular formula is C27H51Fe2O14+4. The van der Waals surface area contributed by atoms with Gasteiger partial charge in [-0.05, 0) is 6.42 Å². The molecule has 255 valence electrons. The molecule has 0 heterocycles. The van der Waals surface area contributed by atoms with Crippen molar-refractivity contribution in [2.24, 2.45) is 0 Å². The smallest absolute Gasteiger partial charge is 0.870 e. The van der Waals surface area contributed by atoms with E-state index >= 15 is 0 Å². The van der Waals surface area contributed by atoms with Gasteiger partial charge in [0, 0.05) is 12.2 Å². The molecule has 14 nitrogen and oxygen atoms in total. The van der Waals surface area contributed by atoms with Gasteiger partial charge in [-0.25, -0.2) is 9.59 Å². The third kappa shape index (κ3) is 63.6. The van der Waals surface area contributed by atoms with Crippen LogP contribution in [0, 0.1) is 0 Å². The number of rotatable bonds is 3. The molecule has 1 aromatic rings. The predicted molar refractivity (Wildman–Crippen MR) is 161 cm³/mol. The Morgan fingerprint density at radius 2 is 0.884 bits per heavy atom. The van der Waals surface area contributed by atoms with E-state index in [2.05, 4.69) is 0 Å². The molecular weight excluding hydrogens is 660 g/mol. The van der Waals surface area contributed by atoms with Crippen LogP contribution in [-0.2, 0) is 43.7 Å². The summed E-state index contributed by atoms with van der Waals surface area (Å²) in [5.41, 5.74) is 0. The third-order valence-corrected chi connectivity index (χ3v) is 3.29. The molecule has 16 N–H and O–H groups in total. The van der Waals surface area contributed by atoms with E-state index in [1.165, 1.54) is 0 Å². The molecule has 0 spiro atoms. The SMILES string of the molecule is C.C.C.O.O.O.O.O=C(O)/C=C\C=C/C(=O)O.OC1C=CC=CC1.OC1C=CC=CC1O.OO.[Fe+2].[Fe+3].[OH-].c1ccccc1. The number of allylic oxidation sites excluding steroid dienone is 6. The normalized spacial score (nSPS) is 15.0. The molecule has 0 fully saturated rings. The van der Waals surface area contributed by atoms with Crippen molar-refractivity contribution in [2.75, 3.05) is 0 Å². The fourth-order valence-corrected chi connectivity index (χ4v) is 1.81. The van der Waals surface area contributed by atoms with Gasteiger partial charge < -0.3 is 52.9 Å². The van der Waals surface area contributed by atoms with Crippen molar-refractivity contribution in [3.63, 3.8) is 0 Å². The van der Waals surface area contributed by atoms with E-state index in [-0.39, 0.29) is 89.9 Å². The number of carboxylic acids is 2. The molecule has 1 aromatic carbocycles. The Morgan fingerprint density at radius 1 is 0.605 bits per heavy atom. The summed E-state index contributed by atoms with van der Waals surface area (Å²) in [4.78, 5) is 19.6. The maximum absolute atomic E-state index is 9.78. The summed E-state index contributed by atoms with van der Waals surface area (Å²) in [6.45, 7) is 0. The maximum Gasteiger partial charge on any atom is 3.00 e. The molecule has 2 aliphatic carbocycles.